The van der Waals surface area contributed by atoms with Crippen molar-refractivity contribution < 1.29 is 9.18 Å². The molecule has 3 rings (SSSR count). The number of hydrogen-bond acceptors (Lipinski definition) is 3. The molecule has 0 atom stereocenters. The third kappa shape index (κ3) is 3.55. The first-order chi connectivity index (χ1) is 11.6. The zero-order chi connectivity index (χ0) is 16.9. The molecule has 0 bridgehead atoms. The number of ketones is 1. The lowest BCUT2D eigenvalue weighted by Crippen LogP contribution is -2.04. The summed E-state index contributed by atoms with van der Waals surface area (Å²) in [4.78, 5) is 12.7. The predicted octanol–water partition coefficient (Wildman–Crippen LogP) is 6.13. The number of halogens is 2. The molecule has 3 aromatic carbocycles. The van der Waals surface area contributed by atoms with Crippen LogP contribution in [0.3, 0.4) is 0 Å². The van der Waals surface area contributed by atoms with E-state index < -0.39 is 11.6 Å². The highest BCUT2D eigenvalue weighted by Crippen LogP contribution is 2.28. The minimum Gasteiger partial charge on any atom is -0.288 e. The van der Waals surface area contributed by atoms with E-state index in [9.17, 15) is 9.18 Å². The van der Waals surface area contributed by atoms with E-state index in [-0.39, 0.29) is 11.1 Å². The van der Waals surface area contributed by atoms with E-state index in [2.05, 4.69) is 10.2 Å². The van der Waals surface area contributed by atoms with Crippen LogP contribution in [0.25, 0.3) is 0 Å². The summed E-state index contributed by atoms with van der Waals surface area (Å²) in [6, 6.07) is 19.6. The molecule has 3 nitrogen and oxygen atoms in total. The van der Waals surface area contributed by atoms with Crippen molar-refractivity contribution in [3.05, 3.63) is 94.8 Å². The van der Waals surface area contributed by atoms with Crippen LogP contribution in [0.5, 0.6) is 0 Å². The van der Waals surface area contributed by atoms with Gasteiger partial charge in [-0.05, 0) is 42.5 Å². The first-order valence-electron chi connectivity index (χ1n) is 7.21. The number of hydrogen-bond donors (Lipinski definition) is 0. The van der Waals surface area contributed by atoms with Crippen LogP contribution in [0.1, 0.15) is 15.9 Å². The zero-order valence-corrected chi connectivity index (χ0v) is 13.2. The van der Waals surface area contributed by atoms with Gasteiger partial charge in [-0.25, -0.2) is 4.39 Å². The van der Waals surface area contributed by atoms with Gasteiger partial charge in [-0.15, -0.1) is 5.11 Å². The molecule has 24 heavy (non-hydrogen) atoms. The molecule has 5 heteroatoms. The second-order valence-electron chi connectivity index (χ2n) is 5.01. The van der Waals surface area contributed by atoms with Crippen LogP contribution in [-0.2, 0) is 0 Å². The van der Waals surface area contributed by atoms with E-state index in [1.54, 1.807) is 30.3 Å². The minimum atomic E-state index is -0.589. The first-order valence-corrected chi connectivity index (χ1v) is 7.58. The Hall–Kier alpha value is -2.85. The van der Waals surface area contributed by atoms with Gasteiger partial charge in [0.05, 0.1) is 22.5 Å². The Morgan fingerprint density at radius 2 is 1.54 bits per heavy atom. The average molecular weight is 339 g/mol. The normalized spacial score (nSPS) is 10.9. The van der Waals surface area contributed by atoms with E-state index in [0.29, 0.717) is 16.4 Å². The molecule has 0 N–H and O–H groups in total. The lowest BCUT2D eigenvalue weighted by atomic mass is 10.0. The SMILES string of the molecule is O=C(c1ccccc1F)c1cc(Cl)ccc1N=Nc1ccccc1. The fourth-order valence-corrected chi connectivity index (χ4v) is 2.35. The van der Waals surface area contributed by atoms with Crippen LogP contribution < -0.4 is 0 Å². The minimum absolute atomic E-state index is 0.0315. The molecule has 0 aromatic heterocycles. The Morgan fingerprint density at radius 1 is 0.833 bits per heavy atom. The van der Waals surface area contributed by atoms with Gasteiger partial charge in [-0.2, -0.15) is 5.11 Å². The fourth-order valence-electron chi connectivity index (χ4n) is 2.17. The topological polar surface area (TPSA) is 41.8 Å². The van der Waals surface area contributed by atoms with Crippen molar-refractivity contribution in [1.82, 2.24) is 0 Å². The summed E-state index contributed by atoms with van der Waals surface area (Å²) in [5, 5.41) is 8.59. The van der Waals surface area contributed by atoms with E-state index in [0.717, 1.165) is 0 Å². The van der Waals surface area contributed by atoms with Crippen LogP contribution in [0, 0.1) is 5.82 Å². The molecule has 0 aliphatic rings. The summed E-state index contributed by atoms with van der Waals surface area (Å²) in [5.41, 5.74) is 1.15. The zero-order valence-electron chi connectivity index (χ0n) is 12.5. The third-order valence-corrected chi connectivity index (χ3v) is 3.59. The monoisotopic (exact) mass is 338 g/mol. The maximum Gasteiger partial charge on any atom is 0.198 e. The van der Waals surface area contributed by atoms with Gasteiger partial charge in [-0.3, -0.25) is 4.79 Å². The molecule has 0 fully saturated rings. The highest BCUT2D eigenvalue weighted by molar-refractivity contribution is 6.31. The molecule has 0 amide bonds. The predicted molar refractivity (Wildman–Crippen MR) is 91.9 cm³/mol. The fraction of sp³-hybridized carbons (Fsp3) is 0. The number of carbonyl (C=O) groups is 1. The van der Waals surface area contributed by atoms with E-state index in [1.165, 1.54) is 24.3 Å². The highest BCUT2D eigenvalue weighted by atomic mass is 35.5. The number of rotatable bonds is 4. The number of nitrogens with zero attached hydrogens (tertiary/aromatic N) is 2. The molecule has 0 radical (unpaired) electrons. The lowest BCUT2D eigenvalue weighted by molar-refractivity contribution is 0.103. The van der Waals surface area contributed by atoms with Crippen LogP contribution in [0.15, 0.2) is 83.0 Å². The van der Waals surface area contributed by atoms with Crippen molar-refractivity contribution in [2.24, 2.45) is 10.2 Å². The van der Waals surface area contributed by atoms with Gasteiger partial charge in [0.1, 0.15) is 5.82 Å². The second kappa shape index (κ2) is 7.15. The Kier molecular flexibility index (Phi) is 4.77. The Balaban J connectivity index is 2.02. The molecular formula is C19H12ClFN2O. The number of azo groups is 1. The molecule has 118 valence electrons. The smallest absolute Gasteiger partial charge is 0.198 e. The second-order valence-corrected chi connectivity index (χ2v) is 5.44. The molecule has 0 aliphatic carbocycles. The summed E-state index contributed by atoms with van der Waals surface area (Å²) in [6.45, 7) is 0. The van der Waals surface area contributed by atoms with Crippen molar-refractivity contribution >= 4 is 28.8 Å². The molecule has 3 aromatic rings. The Bertz CT molecular complexity index is 910. The van der Waals surface area contributed by atoms with E-state index in [4.69, 9.17) is 11.6 Å². The van der Waals surface area contributed by atoms with Gasteiger partial charge in [0.15, 0.2) is 5.78 Å². The van der Waals surface area contributed by atoms with Crippen molar-refractivity contribution in [3.8, 4) is 0 Å². The molecule has 0 saturated carbocycles. The average Bonchev–Trinajstić information content (AvgIpc) is 2.61. The van der Waals surface area contributed by atoms with Gasteiger partial charge >= 0.3 is 0 Å². The third-order valence-electron chi connectivity index (χ3n) is 3.35. The maximum atomic E-state index is 13.9. The quantitative estimate of drug-likeness (QED) is 0.417. The van der Waals surface area contributed by atoms with Gasteiger partial charge in [0.2, 0.25) is 0 Å². The maximum absolute atomic E-state index is 13.9. The van der Waals surface area contributed by atoms with Crippen molar-refractivity contribution in [2.75, 3.05) is 0 Å². The van der Waals surface area contributed by atoms with Crippen LogP contribution >= 0.6 is 11.6 Å². The highest BCUT2D eigenvalue weighted by Gasteiger charge is 2.17. The summed E-state index contributed by atoms with van der Waals surface area (Å²) < 4.78 is 13.9. The van der Waals surface area contributed by atoms with Crippen molar-refractivity contribution in [2.45, 2.75) is 0 Å². The Morgan fingerprint density at radius 3 is 2.29 bits per heavy atom. The lowest BCUT2D eigenvalue weighted by Gasteiger charge is -2.06. The number of benzene rings is 3. The number of carbonyl (C=O) groups excluding carboxylic acids is 1. The largest absolute Gasteiger partial charge is 0.288 e. The summed E-state index contributed by atoms with van der Waals surface area (Å²) >= 11 is 5.99. The van der Waals surface area contributed by atoms with Crippen LogP contribution in [0.2, 0.25) is 5.02 Å². The molecular weight excluding hydrogens is 327 g/mol. The van der Waals surface area contributed by atoms with Gasteiger partial charge in [-0.1, -0.05) is 41.9 Å². The molecule has 0 saturated heterocycles. The molecule has 0 heterocycles. The van der Waals surface area contributed by atoms with Gasteiger partial charge < -0.3 is 0 Å². The Labute approximate surface area is 143 Å². The van der Waals surface area contributed by atoms with Crippen LogP contribution in [-0.4, -0.2) is 5.78 Å². The summed E-state index contributed by atoms with van der Waals surface area (Å²) in [6.07, 6.45) is 0. The van der Waals surface area contributed by atoms with Gasteiger partial charge in [0.25, 0.3) is 0 Å². The van der Waals surface area contributed by atoms with E-state index in [1.807, 2.05) is 18.2 Å². The molecule has 0 unspecified atom stereocenters. The van der Waals surface area contributed by atoms with Crippen molar-refractivity contribution in [3.63, 3.8) is 0 Å². The molecule has 0 aliphatic heterocycles. The molecule has 0 spiro atoms. The summed E-state index contributed by atoms with van der Waals surface area (Å²) in [7, 11) is 0. The first kappa shape index (κ1) is 16.0. The van der Waals surface area contributed by atoms with Crippen molar-refractivity contribution in [1.29, 1.82) is 0 Å². The van der Waals surface area contributed by atoms with Crippen LogP contribution in [0.4, 0.5) is 15.8 Å². The summed E-state index contributed by atoms with van der Waals surface area (Å²) in [5.74, 6) is -1.08. The van der Waals surface area contributed by atoms with E-state index >= 15 is 0 Å². The van der Waals surface area contributed by atoms with Gasteiger partial charge in [0, 0.05) is 5.02 Å². The standard InChI is InChI=1S/C19H12ClFN2O/c20-13-10-11-18(23-22-14-6-2-1-3-7-14)16(12-13)19(24)15-8-4-5-9-17(15)21/h1-12H.